The summed E-state index contributed by atoms with van der Waals surface area (Å²) in [5, 5.41) is 7.98. The average molecular weight is 279 g/mol. The van der Waals surface area contributed by atoms with Gasteiger partial charge < -0.3 is 11.1 Å². The second-order valence-electron chi connectivity index (χ2n) is 4.33. The van der Waals surface area contributed by atoms with Crippen molar-refractivity contribution >= 4 is 23.3 Å². The van der Waals surface area contributed by atoms with Crippen molar-refractivity contribution in [1.29, 1.82) is 0 Å². The quantitative estimate of drug-likeness (QED) is 0.900. The zero-order chi connectivity index (χ0) is 14.0. The number of hydrogen-bond donors (Lipinski definition) is 2. The van der Waals surface area contributed by atoms with Crippen molar-refractivity contribution in [3.05, 3.63) is 41.0 Å². The fourth-order valence-corrected chi connectivity index (χ4v) is 1.89. The molecule has 0 aliphatic heterocycles. The maximum atomic E-state index is 11.0. The summed E-state index contributed by atoms with van der Waals surface area (Å²) in [5.74, 6) is 0.179. The fraction of sp³-hybridized carbons (Fsp3) is 0.231. The van der Waals surface area contributed by atoms with E-state index in [0.29, 0.717) is 10.8 Å². The summed E-state index contributed by atoms with van der Waals surface area (Å²) in [4.78, 5) is 11.0. The summed E-state index contributed by atoms with van der Waals surface area (Å²) < 4.78 is 1.75. The van der Waals surface area contributed by atoms with Gasteiger partial charge in [0.15, 0.2) is 0 Å². The van der Waals surface area contributed by atoms with Crippen molar-refractivity contribution in [2.45, 2.75) is 19.9 Å². The Balaban J connectivity index is 2.29. The van der Waals surface area contributed by atoms with E-state index in [4.69, 9.17) is 17.3 Å². The minimum absolute atomic E-state index is 0.421. The molecule has 0 fully saturated rings. The highest BCUT2D eigenvalue weighted by Gasteiger charge is 2.12. The molecule has 0 aliphatic carbocycles. The predicted molar refractivity (Wildman–Crippen MR) is 75.6 cm³/mol. The Morgan fingerprint density at radius 3 is 2.84 bits per heavy atom. The second-order valence-corrected chi connectivity index (χ2v) is 4.77. The highest BCUT2D eigenvalue weighted by atomic mass is 35.5. The molecule has 100 valence electrons. The van der Waals surface area contributed by atoms with Crippen LogP contribution in [0.2, 0.25) is 5.02 Å². The summed E-state index contributed by atoms with van der Waals surface area (Å²) in [6.45, 7) is 3.62. The van der Waals surface area contributed by atoms with Crippen LogP contribution in [0, 0.1) is 6.92 Å². The van der Waals surface area contributed by atoms with Gasteiger partial charge >= 0.3 is 0 Å². The monoisotopic (exact) mass is 278 g/mol. The molecule has 0 saturated heterocycles. The molecular formula is C13H15ClN4O. The number of anilines is 1. The van der Waals surface area contributed by atoms with Crippen LogP contribution in [0.1, 0.15) is 12.6 Å². The molecule has 19 heavy (non-hydrogen) atoms. The molecule has 0 aliphatic rings. The van der Waals surface area contributed by atoms with Crippen LogP contribution in [0.4, 0.5) is 5.82 Å². The molecule has 0 spiro atoms. The highest BCUT2D eigenvalue weighted by Crippen LogP contribution is 2.18. The van der Waals surface area contributed by atoms with Gasteiger partial charge in [0.1, 0.15) is 11.9 Å². The first-order chi connectivity index (χ1) is 8.97. The first kappa shape index (κ1) is 13.4. The molecule has 1 heterocycles. The third-order valence-corrected chi connectivity index (χ3v) is 2.97. The molecule has 2 aromatic rings. The van der Waals surface area contributed by atoms with Crippen LogP contribution in [0.25, 0.3) is 5.69 Å². The molecule has 1 amide bonds. The number of nitrogens with two attached hydrogens (primary N) is 1. The maximum Gasteiger partial charge on any atom is 0.239 e. The number of benzene rings is 1. The molecule has 0 bridgehead atoms. The number of rotatable bonds is 4. The molecule has 5 nitrogen and oxygen atoms in total. The van der Waals surface area contributed by atoms with Gasteiger partial charge in [-0.15, -0.1) is 0 Å². The summed E-state index contributed by atoms with van der Waals surface area (Å²) >= 11 is 5.96. The SMILES string of the molecule is Cc1cc(N[C@H](C)C(N)=O)nn1-c1cccc(Cl)c1. The van der Waals surface area contributed by atoms with Crippen LogP contribution in [0.5, 0.6) is 0 Å². The van der Waals surface area contributed by atoms with Gasteiger partial charge in [-0.2, -0.15) is 5.10 Å². The van der Waals surface area contributed by atoms with Gasteiger partial charge in [0, 0.05) is 16.8 Å². The molecule has 2 rings (SSSR count). The number of halogens is 1. The topological polar surface area (TPSA) is 72.9 Å². The van der Waals surface area contributed by atoms with E-state index in [1.54, 1.807) is 17.7 Å². The van der Waals surface area contributed by atoms with Crippen LogP contribution in [-0.4, -0.2) is 21.7 Å². The molecule has 0 saturated carbocycles. The summed E-state index contributed by atoms with van der Waals surface area (Å²) in [6, 6.07) is 8.77. The Morgan fingerprint density at radius 2 is 2.21 bits per heavy atom. The van der Waals surface area contributed by atoms with E-state index in [9.17, 15) is 4.79 Å². The predicted octanol–water partition coefficient (Wildman–Crippen LogP) is 2.12. The Kier molecular flexibility index (Phi) is 3.76. The Hall–Kier alpha value is -2.01. The molecule has 0 radical (unpaired) electrons. The van der Waals surface area contributed by atoms with E-state index < -0.39 is 11.9 Å². The van der Waals surface area contributed by atoms with Crippen molar-refractivity contribution in [2.75, 3.05) is 5.32 Å². The Bertz CT molecular complexity index is 608. The van der Waals surface area contributed by atoms with E-state index in [1.807, 2.05) is 31.2 Å². The Labute approximate surface area is 116 Å². The lowest BCUT2D eigenvalue weighted by Crippen LogP contribution is -2.32. The molecular weight excluding hydrogens is 264 g/mol. The van der Waals surface area contributed by atoms with Crippen LogP contribution < -0.4 is 11.1 Å². The minimum atomic E-state index is -0.470. The number of carbonyl (C=O) groups is 1. The summed E-state index contributed by atoms with van der Waals surface area (Å²) in [7, 11) is 0. The van der Waals surface area contributed by atoms with Gasteiger partial charge in [0.25, 0.3) is 0 Å². The Morgan fingerprint density at radius 1 is 1.47 bits per heavy atom. The highest BCUT2D eigenvalue weighted by molar-refractivity contribution is 6.30. The molecule has 1 atom stereocenters. The first-order valence-corrected chi connectivity index (χ1v) is 6.23. The van der Waals surface area contributed by atoms with Gasteiger partial charge in [0.05, 0.1) is 5.69 Å². The third-order valence-electron chi connectivity index (χ3n) is 2.73. The van der Waals surface area contributed by atoms with Gasteiger partial charge in [-0.1, -0.05) is 17.7 Å². The van der Waals surface area contributed by atoms with Crippen LogP contribution >= 0.6 is 11.6 Å². The van der Waals surface area contributed by atoms with Crippen LogP contribution in [-0.2, 0) is 4.79 Å². The van der Waals surface area contributed by atoms with E-state index in [1.165, 1.54) is 0 Å². The minimum Gasteiger partial charge on any atom is -0.368 e. The zero-order valence-electron chi connectivity index (χ0n) is 10.7. The smallest absolute Gasteiger partial charge is 0.239 e. The molecule has 1 aromatic carbocycles. The standard InChI is InChI=1S/C13H15ClN4O/c1-8-6-12(16-9(2)13(15)19)17-18(8)11-5-3-4-10(14)7-11/h3-7,9H,1-2H3,(H2,15,19)(H,16,17)/t9-/m1/s1. The zero-order valence-corrected chi connectivity index (χ0v) is 11.5. The normalized spacial score (nSPS) is 12.2. The number of nitrogens with zero attached hydrogens (tertiary/aromatic N) is 2. The van der Waals surface area contributed by atoms with Crippen molar-refractivity contribution in [3.63, 3.8) is 0 Å². The molecule has 0 unspecified atom stereocenters. The van der Waals surface area contributed by atoms with Crippen LogP contribution in [0.15, 0.2) is 30.3 Å². The first-order valence-electron chi connectivity index (χ1n) is 5.86. The number of primary amides is 1. The molecule has 3 N–H and O–H groups in total. The average Bonchev–Trinajstić information content (AvgIpc) is 2.70. The molecule has 1 aromatic heterocycles. The van der Waals surface area contributed by atoms with Crippen molar-refractivity contribution in [1.82, 2.24) is 9.78 Å². The van der Waals surface area contributed by atoms with Gasteiger partial charge in [0.2, 0.25) is 5.91 Å². The van der Waals surface area contributed by atoms with E-state index in [0.717, 1.165) is 11.4 Å². The number of aromatic nitrogens is 2. The van der Waals surface area contributed by atoms with Crippen molar-refractivity contribution < 1.29 is 4.79 Å². The van der Waals surface area contributed by atoms with E-state index >= 15 is 0 Å². The van der Waals surface area contributed by atoms with E-state index in [-0.39, 0.29) is 0 Å². The number of aryl methyl sites for hydroxylation is 1. The summed E-state index contributed by atoms with van der Waals surface area (Å²) in [6.07, 6.45) is 0. The molecule has 6 heteroatoms. The number of nitrogens with one attached hydrogen (secondary N) is 1. The van der Waals surface area contributed by atoms with Gasteiger partial charge in [-0.25, -0.2) is 4.68 Å². The summed E-state index contributed by atoms with van der Waals surface area (Å²) in [5.41, 5.74) is 7.00. The number of hydrogen-bond acceptors (Lipinski definition) is 3. The fourth-order valence-electron chi connectivity index (χ4n) is 1.71. The van der Waals surface area contributed by atoms with Crippen molar-refractivity contribution in [2.24, 2.45) is 5.73 Å². The lowest BCUT2D eigenvalue weighted by Gasteiger charge is -2.08. The van der Waals surface area contributed by atoms with E-state index in [2.05, 4.69) is 10.4 Å². The number of carbonyl (C=O) groups excluding carboxylic acids is 1. The maximum absolute atomic E-state index is 11.0. The largest absolute Gasteiger partial charge is 0.368 e. The third kappa shape index (κ3) is 3.06. The number of amides is 1. The van der Waals surface area contributed by atoms with Gasteiger partial charge in [-0.05, 0) is 32.0 Å². The van der Waals surface area contributed by atoms with Crippen molar-refractivity contribution in [3.8, 4) is 5.69 Å². The van der Waals surface area contributed by atoms with Gasteiger partial charge in [-0.3, -0.25) is 4.79 Å². The lowest BCUT2D eigenvalue weighted by molar-refractivity contribution is -0.118. The van der Waals surface area contributed by atoms with Crippen LogP contribution in [0.3, 0.4) is 0 Å². The second kappa shape index (κ2) is 5.32. The lowest BCUT2D eigenvalue weighted by atomic mass is 10.3.